The molecule has 0 atom stereocenters. The average molecular weight is 683 g/mol. The standard InChI is InChI=1S/C34H26N4O8S2/c1-43-27-7-3-25(4-8-27)37-47(39,40)31-15-11-29(12-16-31)45-33-19-23(21-35)24(22-36)20-34(33)46-30-13-17-32(18-14-30)48(41,42)38-26-5-9-28(44-2)10-6-26/h3-20,37-38H,1-2H3. The lowest BCUT2D eigenvalue weighted by molar-refractivity contribution is 0.415. The number of benzene rings is 5. The van der Waals surface area contributed by atoms with Crippen molar-refractivity contribution in [2.75, 3.05) is 23.7 Å². The fourth-order valence-electron chi connectivity index (χ4n) is 4.28. The average Bonchev–Trinajstić information content (AvgIpc) is 3.09. The highest BCUT2D eigenvalue weighted by atomic mass is 32.2. The van der Waals surface area contributed by atoms with Gasteiger partial charge in [-0.15, -0.1) is 0 Å². The molecule has 0 aliphatic rings. The summed E-state index contributed by atoms with van der Waals surface area (Å²) in [5, 5.41) is 19.2. The van der Waals surface area contributed by atoms with E-state index in [1.165, 1.54) is 74.9 Å². The van der Waals surface area contributed by atoms with E-state index < -0.39 is 20.0 Å². The molecule has 0 fully saturated rings. The van der Waals surface area contributed by atoms with Gasteiger partial charge in [0.15, 0.2) is 11.5 Å². The second kappa shape index (κ2) is 14.0. The summed E-state index contributed by atoms with van der Waals surface area (Å²) < 4.78 is 78.8. The Kier molecular flexibility index (Phi) is 9.70. The van der Waals surface area contributed by atoms with Crippen LogP contribution in [0.3, 0.4) is 0 Å². The predicted octanol–water partition coefficient (Wildman–Crippen LogP) is 6.63. The van der Waals surface area contributed by atoms with Crippen molar-refractivity contribution in [1.82, 2.24) is 0 Å². The first kappa shape index (κ1) is 33.2. The van der Waals surface area contributed by atoms with Crippen molar-refractivity contribution in [3.63, 3.8) is 0 Å². The Morgan fingerprint density at radius 1 is 0.500 bits per heavy atom. The number of anilines is 2. The third kappa shape index (κ3) is 7.76. The molecule has 2 N–H and O–H groups in total. The topological polar surface area (TPSA) is 177 Å². The van der Waals surface area contributed by atoms with E-state index in [1.54, 1.807) is 48.5 Å². The molecule has 14 heteroatoms. The lowest BCUT2D eigenvalue weighted by atomic mass is 10.1. The Labute approximate surface area is 277 Å². The van der Waals surface area contributed by atoms with Crippen LogP contribution in [0.5, 0.6) is 34.5 Å². The normalized spacial score (nSPS) is 11.0. The van der Waals surface area contributed by atoms with E-state index in [4.69, 9.17) is 18.9 Å². The summed E-state index contributed by atoms with van der Waals surface area (Å²) in [6.45, 7) is 0. The number of methoxy groups -OCH3 is 2. The predicted molar refractivity (Wildman–Crippen MR) is 177 cm³/mol. The van der Waals surface area contributed by atoms with Crippen LogP contribution in [0.4, 0.5) is 11.4 Å². The number of nitrogens with zero attached hydrogens (tertiary/aromatic N) is 2. The van der Waals surface area contributed by atoms with Crippen molar-refractivity contribution in [1.29, 1.82) is 10.5 Å². The molecule has 0 amide bonds. The fourth-order valence-corrected chi connectivity index (χ4v) is 6.40. The van der Waals surface area contributed by atoms with Gasteiger partial charge in [-0.3, -0.25) is 9.44 Å². The van der Waals surface area contributed by atoms with Crippen molar-refractivity contribution < 1.29 is 35.8 Å². The van der Waals surface area contributed by atoms with Crippen molar-refractivity contribution >= 4 is 31.4 Å². The van der Waals surface area contributed by atoms with Crippen LogP contribution in [0.2, 0.25) is 0 Å². The summed E-state index contributed by atoms with van der Waals surface area (Å²) in [6.07, 6.45) is 0. The summed E-state index contributed by atoms with van der Waals surface area (Å²) in [5.41, 5.74) is 0.736. The molecule has 5 aromatic carbocycles. The summed E-state index contributed by atoms with van der Waals surface area (Å²) in [5.74, 6) is 1.68. The zero-order chi connectivity index (χ0) is 34.3. The molecule has 0 radical (unpaired) electrons. The van der Waals surface area contributed by atoms with Crippen LogP contribution in [0, 0.1) is 22.7 Å². The second-order valence-corrected chi connectivity index (χ2v) is 13.2. The van der Waals surface area contributed by atoms with Gasteiger partial charge >= 0.3 is 0 Å². The van der Waals surface area contributed by atoms with Gasteiger partial charge in [0.25, 0.3) is 20.0 Å². The van der Waals surface area contributed by atoms with Crippen molar-refractivity contribution in [3.05, 3.63) is 120 Å². The smallest absolute Gasteiger partial charge is 0.261 e. The Morgan fingerprint density at radius 2 is 0.812 bits per heavy atom. The van der Waals surface area contributed by atoms with Crippen LogP contribution in [-0.2, 0) is 20.0 Å². The van der Waals surface area contributed by atoms with Gasteiger partial charge in [0.05, 0.1) is 35.1 Å². The number of nitrogens with one attached hydrogen (secondary N) is 2. The first-order chi connectivity index (χ1) is 23.0. The highest BCUT2D eigenvalue weighted by molar-refractivity contribution is 7.93. The zero-order valence-corrected chi connectivity index (χ0v) is 27.0. The van der Waals surface area contributed by atoms with E-state index in [9.17, 15) is 27.4 Å². The van der Waals surface area contributed by atoms with E-state index in [1.807, 2.05) is 12.1 Å². The van der Waals surface area contributed by atoms with Gasteiger partial charge in [0.1, 0.15) is 35.1 Å². The largest absolute Gasteiger partial charge is 0.497 e. The molecule has 0 spiro atoms. The summed E-state index contributed by atoms with van der Waals surface area (Å²) in [6, 6.07) is 30.4. The maximum atomic E-state index is 12.9. The van der Waals surface area contributed by atoms with Crippen molar-refractivity contribution in [2.24, 2.45) is 0 Å². The molecule has 0 aromatic heterocycles. The number of sulfonamides is 2. The highest BCUT2D eigenvalue weighted by Gasteiger charge is 2.19. The maximum Gasteiger partial charge on any atom is 0.261 e. The van der Waals surface area contributed by atoms with Crippen molar-refractivity contribution in [3.8, 4) is 46.6 Å². The molecule has 5 rings (SSSR count). The maximum absolute atomic E-state index is 12.9. The first-order valence-electron chi connectivity index (χ1n) is 13.9. The molecule has 0 unspecified atom stereocenters. The van der Waals surface area contributed by atoms with Gasteiger partial charge in [0.2, 0.25) is 0 Å². The lowest BCUT2D eigenvalue weighted by Gasteiger charge is -2.15. The van der Waals surface area contributed by atoms with E-state index in [2.05, 4.69) is 9.44 Å². The van der Waals surface area contributed by atoms with Crippen molar-refractivity contribution in [2.45, 2.75) is 9.79 Å². The van der Waals surface area contributed by atoms with Gasteiger partial charge < -0.3 is 18.9 Å². The lowest BCUT2D eigenvalue weighted by Crippen LogP contribution is -2.12. The van der Waals surface area contributed by atoms with Crippen LogP contribution in [0.1, 0.15) is 11.1 Å². The molecule has 0 heterocycles. The van der Waals surface area contributed by atoms with Gasteiger partial charge in [-0.05, 0) is 97.1 Å². The Morgan fingerprint density at radius 3 is 1.10 bits per heavy atom. The highest BCUT2D eigenvalue weighted by Crippen LogP contribution is 2.38. The van der Waals surface area contributed by atoms with Gasteiger partial charge in [0, 0.05) is 23.5 Å². The van der Waals surface area contributed by atoms with E-state index in [0.29, 0.717) is 22.9 Å². The van der Waals surface area contributed by atoms with Gasteiger partial charge in [-0.25, -0.2) is 16.8 Å². The van der Waals surface area contributed by atoms with Crippen LogP contribution in [-0.4, -0.2) is 31.1 Å². The Bertz CT molecular complexity index is 2070. The molecule has 0 saturated carbocycles. The van der Waals surface area contributed by atoms with Crippen LogP contribution in [0.25, 0.3) is 0 Å². The quantitative estimate of drug-likeness (QED) is 0.145. The first-order valence-corrected chi connectivity index (χ1v) is 16.9. The minimum atomic E-state index is -3.93. The van der Waals surface area contributed by atoms with E-state index >= 15 is 0 Å². The third-order valence-electron chi connectivity index (χ3n) is 6.73. The van der Waals surface area contributed by atoms with Crippen LogP contribution < -0.4 is 28.4 Å². The molecule has 0 bridgehead atoms. The Hall–Kier alpha value is -6.22. The SMILES string of the molecule is COc1ccc(NS(=O)(=O)c2ccc(Oc3cc(C#N)c(C#N)cc3Oc3ccc(S(=O)(=O)Nc4ccc(OC)cc4)cc3)cc2)cc1. The minimum Gasteiger partial charge on any atom is -0.497 e. The fraction of sp³-hybridized carbons (Fsp3) is 0.0588. The number of ether oxygens (including phenoxy) is 4. The number of nitriles is 2. The van der Waals surface area contributed by atoms with Gasteiger partial charge in [-0.1, -0.05) is 0 Å². The molecular weight excluding hydrogens is 657 g/mol. The monoisotopic (exact) mass is 682 g/mol. The molecule has 0 saturated heterocycles. The number of rotatable bonds is 12. The second-order valence-electron chi connectivity index (χ2n) is 9.88. The minimum absolute atomic E-state index is 0.0220. The van der Waals surface area contributed by atoms with Crippen LogP contribution in [0.15, 0.2) is 119 Å². The summed E-state index contributed by atoms with van der Waals surface area (Å²) in [7, 11) is -4.84. The van der Waals surface area contributed by atoms with E-state index in [-0.39, 0.29) is 43.9 Å². The number of hydrogen-bond donors (Lipinski definition) is 2. The third-order valence-corrected chi connectivity index (χ3v) is 9.53. The molecule has 12 nitrogen and oxygen atoms in total. The number of hydrogen-bond acceptors (Lipinski definition) is 10. The molecule has 242 valence electrons. The molecule has 48 heavy (non-hydrogen) atoms. The summed E-state index contributed by atoms with van der Waals surface area (Å²) >= 11 is 0. The molecule has 0 aliphatic carbocycles. The Balaban J connectivity index is 1.35. The molecular formula is C34H26N4O8S2. The van der Waals surface area contributed by atoms with Gasteiger partial charge in [-0.2, -0.15) is 10.5 Å². The van der Waals surface area contributed by atoms with Crippen LogP contribution >= 0.6 is 0 Å². The molecule has 0 aliphatic heterocycles. The van der Waals surface area contributed by atoms with E-state index in [0.717, 1.165) is 0 Å². The summed E-state index contributed by atoms with van der Waals surface area (Å²) in [4.78, 5) is -0.0626. The zero-order valence-electron chi connectivity index (χ0n) is 25.4. The molecule has 5 aromatic rings.